The smallest absolute Gasteiger partial charge is 0.345 e. The number of rotatable bonds is 0. The van der Waals surface area contributed by atoms with Crippen molar-refractivity contribution < 1.29 is 9.53 Å². The van der Waals surface area contributed by atoms with E-state index in [2.05, 4.69) is 0 Å². The van der Waals surface area contributed by atoms with Crippen molar-refractivity contribution in [2.45, 2.75) is 20.8 Å². The largest absolute Gasteiger partial charge is 0.410 e. The highest BCUT2D eigenvalue weighted by atomic mass is 32.1. The summed E-state index contributed by atoms with van der Waals surface area (Å²) in [6.45, 7) is 5.85. The quantitative estimate of drug-likeness (QED) is 0.482. The second-order valence-electron chi connectivity index (χ2n) is 3.56. The van der Waals surface area contributed by atoms with Crippen LogP contribution in [0.5, 0.6) is 0 Å². The minimum absolute atomic E-state index is 0.311. The Morgan fingerprint density at radius 1 is 1.14 bits per heavy atom. The molecule has 2 rings (SSSR count). The van der Waals surface area contributed by atoms with E-state index in [0.29, 0.717) is 10.6 Å². The summed E-state index contributed by atoms with van der Waals surface area (Å²) < 4.78 is 4.94. The van der Waals surface area contributed by atoms with Gasteiger partial charge in [-0.15, -0.1) is 0 Å². The lowest BCUT2D eigenvalue weighted by Crippen LogP contribution is -2.00. The fourth-order valence-corrected chi connectivity index (χ4v) is 2.13. The number of carbonyl (C=O) groups excluding carboxylic acids is 1. The lowest BCUT2D eigenvalue weighted by atomic mass is 9.95. The zero-order valence-corrected chi connectivity index (χ0v) is 9.12. The number of hydrogen-bond acceptors (Lipinski definition) is 3. The summed E-state index contributed by atoms with van der Waals surface area (Å²) in [5.41, 5.74) is 4.53. The van der Waals surface area contributed by atoms with Crippen LogP contribution < -0.4 is 0 Å². The molecule has 0 N–H and O–H groups in total. The van der Waals surface area contributed by atoms with Gasteiger partial charge in [0, 0.05) is 5.56 Å². The van der Waals surface area contributed by atoms with Crippen molar-refractivity contribution in [2.75, 3.05) is 0 Å². The summed E-state index contributed by atoms with van der Waals surface area (Å²) in [6, 6.07) is 2.03. The summed E-state index contributed by atoms with van der Waals surface area (Å²) >= 11 is 5.00. The lowest BCUT2D eigenvalue weighted by Gasteiger charge is -2.06. The molecule has 72 valence electrons. The van der Waals surface area contributed by atoms with Crippen LogP contribution in [0.4, 0.5) is 0 Å². The average molecular weight is 206 g/mol. The van der Waals surface area contributed by atoms with E-state index in [9.17, 15) is 4.79 Å². The Morgan fingerprint density at radius 3 is 2.43 bits per heavy atom. The third-order valence-corrected chi connectivity index (χ3v) is 2.92. The Hall–Kier alpha value is -1.22. The molecule has 0 fully saturated rings. The molecule has 3 heteroatoms. The summed E-state index contributed by atoms with van der Waals surface area (Å²) in [6.07, 6.45) is 0. The van der Waals surface area contributed by atoms with Gasteiger partial charge in [0.25, 0.3) is 0 Å². The molecule has 0 unspecified atom stereocenters. The molecule has 1 aliphatic rings. The van der Waals surface area contributed by atoms with E-state index in [-0.39, 0.29) is 5.97 Å². The normalized spacial score (nSPS) is 14.2. The van der Waals surface area contributed by atoms with Crippen molar-refractivity contribution >= 4 is 23.2 Å². The molecular formula is C11H10O2S. The molecule has 14 heavy (non-hydrogen) atoms. The molecule has 0 atom stereocenters. The van der Waals surface area contributed by atoms with E-state index in [1.165, 1.54) is 0 Å². The van der Waals surface area contributed by atoms with Crippen molar-refractivity contribution in [3.63, 3.8) is 0 Å². The van der Waals surface area contributed by atoms with Gasteiger partial charge in [0.05, 0.1) is 5.56 Å². The van der Waals surface area contributed by atoms with Gasteiger partial charge in [-0.3, -0.25) is 0 Å². The summed E-state index contributed by atoms with van der Waals surface area (Å²) in [7, 11) is 0. The minimum atomic E-state index is -0.311. The Bertz CT molecular complexity index is 461. The van der Waals surface area contributed by atoms with Crippen LogP contribution in [-0.2, 0) is 4.74 Å². The van der Waals surface area contributed by atoms with Crippen molar-refractivity contribution in [3.8, 4) is 0 Å². The van der Waals surface area contributed by atoms with Gasteiger partial charge in [0.1, 0.15) is 0 Å². The molecule has 0 saturated carbocycles. The van der Waals surface area contributed by atoms with Crippen molar-refractivity contribution in [3.05, 3.63) is 33.9 Å². The molecule has 0 aromatic heterocycles. The number of aryl methyl sites for hydroxylation is 2. The third kappa shape index (κ3) is 1.09. The second-order valence-corrected chi connectivity index (χ2v) is 3.93. The molecule has 0 spiro atoms. The molecule has 1 aromatic rings. The average Bonchev–Trinajstić information content (AvgIpc) is 2.38. The lowest BCUT2D eigenvalue weighted by molar-refractivity contribution is 0.0741. The van der Waals surface area contributed by atoms with Gasteiger partial charge in [-0.05, 0) is 49.7 Å². The van der Waals surface area contributed by atoms with Crippen molar-refractivity contribution in [2.24, 2.45) is 0 Å². The van der Waals surface area contributed by atoms with Crippen LogP contribution in [0.3, 0.4) is 0 Å². The predicted molar refractivity (Wildman–Crippen MR) is 57.8 cm³/mol. The molecule has 0 amide bonds. The molecular weight excluding hydrogens is 196 g/mol. The van der Waals surface area contributed by atoms with Crippen LogP contribution >= 0.6 is 12.2 Å². The van der Waals surface area contributed by atoms with E-state index in [1.54, 1.807) is 0 Å². The van der Waals surface area contributed by atoms with Crippen LogP contribution in [0.15, 0.2) is 6.07 Å². The first-order valence-corrected chi connectivity index (χ1v) is 4.80. The number of esters is 1. The highest BCUT2D eigenvalue weighted by Gasteiger charge is 2.30. The summed E-state index contributed by atoms with van der Waals surface area (Å²) in [4.78, 5) is 11.5. The number of carbonyl (C=O) groups is 1. The van der Waals surface area contributed by atoms with Crippen molar-refractivity contribution in [1.29, 1.82) is 0 Å². The van der Waals surface area contributed by atoms with Gasteiger partial charge >= 0.3 is 5.97 Å². The monoisotopic (exact) mass is 206 g/mol. The number of fused-ring (bicyclic) bond motifs is 1. The molecule has 1 heterocycles. The fourth-order valence-electron chi connectivity index (χ4n) is 1.79. The molecule has 1 aliphatic heterocycles. The van der Waals surface area contributed by atoms with Crippen LogP contribution in [0, 0.1) is 20.8 Å². The van der Waals surface area contributed by atoms with Crippen LogP contribution in [0.2, 0.25) is 0 Å². The first kappa shape index (κ1) is 9.34. The summed E-state index contributed by atoms with van der Waals surface area (Å²) in [5.74, 6) is -0.311. The standard InChI is InChI=1S/C11H10O2S/c1-5-4-6(2)8-9(7(5)3)10(12)13-11(8)14/h4H,1-3H3. The maximum absolute atomic E-state index is 11.5. The number of hydrogen-bond donors (Lipinski definition) is 0. The predicted octanol–water partition coefficient (Wildman–Crippen LogP) is 2.46. The van der Waals surface area contributed by atoms with Gasteiger partial charge in [0.2, 0.25) is 5.05 Å². The Labute approximate surface area is 87.9 Å². The van der Waals surface area contributed by atoms with Gasteiger partial charge in [-0.25, -0.2) is 4.79 Å². The second kappa shape index (κ2) is 2.89. The van der Waals surface area contributed by atoms with E-state index in [0.717, 1.165) is 22.3 Å². The first-order valence-electron chi connectivity index (χ1n) is 4.39. The van der Waals surface area contributed by atoms with E-state index in [1.807, 2.05) is 26.8 Å². The van der Waals surface area contributed by atoms with E-state index in [4.69, 9.17) is 17.0 Å². The molecule has 2 nitrogen and oxygen atoms in total. The van der Waals surface area contributed by atoms with Gasteiger partial charge in [-0.1, -0.05) is 6.07 Å². The van der Waals surface area contributed by atoms with Crippen LogP contribution in [0.25, 0.3) is 0 Å². The SMILES string of the molecule is Cc1cc(C)c2c(c1C)C(=O)OC2=S. The number of cyclic esters (lactones) is 1. The highest BCUT2D eigenvalue weighted by molar-refractivity contribution is 7.80. The molecule has 0 bridgehead atoms. The third-order valence-electron chi connectivity index (χ3n) is 2.64. The van der Waals surface area contributed by atoms with Gasteiger partial charge in [0.15, 0.2) is 0 Å². The highest BCUT2D eigenvalue weighted by Crippen LogP contribution is 2.29. The summed E-state index contributed by atoms with van der Waals surface area (Å²) in [5, 5.41) is 0.311. The molecule has 0 aliphatic carbocycles. The van der Waals surface area contributed by atoms with E-state index >= 15 is 0 Å². The number of thiocarbonyl (C=S) groups is 1. The van der Waals surface area contributed by atoms with Crippen LogP contribution in [-0.4, -0.2) is 11.0 Å². The fraction of sp³-hybridized carbons (Fsp3) is 0.273. The van der Waals surface area contributed by atoms with Crippen molar-refractivity contribution in [1.82, 2.24) is 0 Å². The minimum Gasteiger partial charge on any atom is -0.410 e. The molecule has 0 radical (unpaired) electrons. The molecule has 1 aromatic carbocycles. The van der Waals surface area contributed by atoms with E-state index < -0.39 is 0 Å². The number of benzene rings is 1. The Kier molecular flexibility index (Phi) is 1.93. The Balaban J connectivity index is 2.86. The first-order chi connectivity index (χ1) is 6.52. The zero-order chi connectivity index (χ0) is 10.5. The van der Waals surface area contributed by atoms with Crippen LogP contribution in [0.1, 0.15) is 32.6 Å². The maximum atomic E-state index is 11.5. The number of ether oxygens (including phenoxy) is 1. The van der Waals surface area contributed by atoms with Gasteiger partial charge < -0.3 is 4.74 Å². The zero-order valence-electron chi connectivity index (χ0n) is 8.30. The topological polar surface area (TPSA) is 26.3 Å². The van der Waals surface area contributed by atoms with Gasteiger partial charge in [-0.2, -0.15) is 0 Å². The Morgan fingerprint density at radius 2 is 1.79 bits per heavy atom. The molecule has 0 saturated heterocycles. The maximum Gasteiger partial charge on any atom is 0.345 e.